The first kappa shape index (κ1) is 14.5. The first-order chi connectivity index (χ1) is 9.52. The summed E-state index contributed by atoms with van der Waals surface area (Å²) in [6.45, 7) is 1.93. The van der Waals surface area contributed by atoms with Crippen LogP contribution in [0.2, 0.25) is 0 Å². The Morgan fingerprint density at radius 1 is 1.60 bits per heavy atom. The lowest BCUT2D eigenvalue weighted by Crippen LogP contribution is -2.29. The molecule has 0 aliphatic carbocycles. The van der Waals surface area contributed by atoms with Crippen molar-refractivity contribution >= 4 is 27.5 Å². The van der Waals surface area contributed by atoms with E-state index in [0.717, 1.165) is 0 Å². The number of amides is 1. The number of nitrogens with one attached hydrogen (secondary N) is 2. The molecule has 0 saturated heterocycles. The van der Waals surface area contributed by atoms with Gasteiger partial charge in [0.05, 0.1) is 17.3 Å². The summed E-state index contributed by atoms with van der Waals surface area (Å²) in [7, 11) is 0. The lowest BCUT2D eigenvalue weighted by atomic mass is 10.1. The van der Waals surface area contributed by atoms with Crippen LogP contribution in [0.5, 0.6) is 0 Å². The Hall–Kier alpha value is -1.89. The number of nitrogens with zero attached hydrogens (tertiary/aromatic N) is 1. The topological polar surface area (TPSA) is 83.8 Å². The molecule has 0 spiro atoms. The van der Waals surface area contributed by atoms with Gasteiger partial charge in [-0.05, 0) is 34.5 Å². The minimum atomic E-state index is -0.563. The van der Waals surface area contributed by atoms with E-state index < -0.39 is 5.82 Å². The van der Waals surface area contributed by atoms with Crippen LogP contribution in [0, 0.1) is 5.82 Å². The number of carbonyl (C=O) groups excluding carboxylic acids is 1. The summed E-state index contributed by atoms with van der Waals surface area (Å²) < 4.78 is 13.6. The van der Waals surface area contributed by atoms with Crippen LogP contribution in [-0.4, -0.2) is 15.9 Å². The van der Waals surface area contributed by atoms with Crippen LogP contribution in [-0.2, 0) is 0 Å². The minimum Gasteiger partial charge on any atom is -0.396 e. The molecule has 4 N–H and O–H groups in total. The molecule has 106 valence electrons. The third-order valence-electron chi connectivity index (χ3n) is 2.89. The highest BCUT2D eigenvalue weighted by Crippen LogP contribution is 2.23. The average Bonchev–Trinajstić information content (AvgIpc) is 2.93. The Bertz CT molecular complexity index is 615. The van der Waals surface area contributed by atoms with Gasteiger partial charge in [-0.25, -0.2) is 9.37 Å². The van der Waals surface area contributed by atoms with Crippen molar-refractivity contribution < 1.29 is 9.18 Å². The number of hydrogen-bond acceptors (Lipinski definition) is 3. The number of halogens is 2. The summed E-state index contributed by atoms with van der Waals surface area (Å²) in [5.74, 6) is -0.231. The predicted octanol–water partition coefficient (Wildman–Crippen LogP) is 2.77. The van der Waals surface area contributed by atoms with Crippen molar-refractivity contribution in [1.29, 1.82) is 0 Å². The van der Waals surface area contributed by atoms with Gasteiger partial charge >= 0.3 is 0 Å². The fourth-order valence-electron chi connectivity index (χ4n) is 1.81. The second-order valence-electron chi connectivity index (χ2n) is 4.26. The van der Waals surface area contributed by atoms with E-state index in [2.05, 4.69) is 31.2 Å². The molecule has 0 fully saturated rings. The number of anilines is 1. The first-order valence-corrected chi connectivity index (χ1v) is 6.86. The molecule has 7 heteroatoms. The van der Waals surface area contributed by atoms with E-state index in [-0.39, 0.29) is 23.2 Å². The van der Waals surface area contributed by atoms with Crippen molar-refractivity contribution in [3.8, 4) is 0 Å². The molecule has 2 aromatic rings. The van der Waals surface area contributed by atoms with Crippen molar-refractivity contribution in [3.05, 3.63) is 46.2 Å². The van der Waals surface area contributed by atoms with Crippen LogP contribution in [0.25, 0.3) is 0 Å². The third kappa shape index (κ3) is 2.98. The molecule has 1 heterocycles. The number of hydrogen-bond donors (Lipinski definition) is 3. The van der Waals surface area contributed by atoms with Crippen molar-refractivity contribution in [2.75, 3.05) is 5.73 Å². The van der Waals surface area contributed by atoms with Crippen molar-refractivity contribution in [2.45, 2.75) is 19.4 Å². The zero-order valence-corrected chi connectivity index (χ0v) is 12.4. The SMILES string of the molecule is CCC(NC(=O)c1cc(N)c(F)cc1Br)c1ncc[nH]1. The van der Waals surface area contributed by atoms with Gasteiger partial charge in [-0.15, -0.1) is 0 Å². The highest BCUT2D eigenvalue weighted by molar-refractivity contribution is 9.10. The van der Waals surface area contributed by atoms with Crippen LogP contribution >= 0.6 is 15.9 Å². The molecule has 0 aliphatic rings. The quantitative estimate of drug-likeness (QED) is 0.748. The van der Waals surface area contributed by atoms with Crippen molar-refractivity contribution in [2.24, 2.45) is 0 Å². The van der Waals surface area contributed by atoms with Gasteiger partial charge < -0.3 is 16.0 Å². The van der Waals surface area contributed by atoms with Gasteiger partial charge in [0.15, 0.2) is 0 Å². The maximum Gasteiger partial charge on any atom is 0.253 e. The van der Waals surface area contributed by atoms with Gasteiger partial charge in [-0.2, -0.15) is 0 Å². The summed E-state index contributed by atoms with van der Waals surface area (Å²) in [4.78, 5) is 19.3. The molecule has 0 aliphatic heterocycles. The van der Waals surface area contributed by atoms with Gasteiger partial charge in [0.2, 0.25) is 0 Å². The average molecular weight is 341 g/mol. The maximum atomic E-state index is 13.3. The number of carbonyl (C=O) groups is 1. The molecule has 0 saturated carbocycles. The van der Waals surface area contributed by atoms with E-state index in [1.54, 1.807) is 12.4 Å². The number of nitrogens with two attached hydrogens (primary N) is 1. The minimum absolute atomic E-state index is 0.0654. The number of aromatic nitrogens is 2. The van der Waals surface area contributed by atoms with Crippen LogP contribution in [0.4, 0.5) is 10.1 Å². The lowest BCUT2D eigenvalue weighted by molar-refractivity contribution is 0.0933. The van der Waals surface area contributed by atoms with E-state index in [0.29, 0.717) is 16.7 Å². The molecular weight excluding hydrogens is 327 g/mol. The smallest absolute Gasteiger partial charge is 0.253 e. The summed E-state index contributed by atoms with van der Waals surface area (Å²) >= 11 is 3.16. The Balaban J connectivity index is 2.21. The molecule has 1 aromatic heterocycles. The van der Waals surface area contributed by atoms with E-state index in [1.165, 1.54) is 12.1 Å². The molecule has 0 radical (unpaired) electrons. The van der Waals surface area contributed by atoms with Crippen LogP contribution < -0.4 is 11.1 Å². The monoisotopic (exact) mass is 340 g/mol. The fourth-order valence-corrected chi connectivity index (χ4v) is 2.30. The van der Waals surface area contributed by atoms with Crippen LogP contribution in [0.15, 0.2) is 29.0 Å². The number of benzene rings is 1. The fraction of sp³-hybridized carbons (Fsp3) is 0.231. The highest BCUT2D eigenvalue weighted by Gasteiger charge is 2.19. The number of rotatable bonds is 4. The van der Waals surface area contributed by atoms with E-state index >= 15 is 0 Å². The normalized spacial score (nSPS) is 12.2. The summed E-state index contributed by atoms with van der Waals surface area (Å²) in [6.07, 6.45) is 3.99. The molecule has 1 atom stereocenters. The van der Waals surface area contributed by atoms with Crippen molar-refractivity contribution in [1.82, 2.24) is 15.3 Å². The Kier molecular flexibility index (Phi) is 4.39. The first-order valence-electron chi connectivity index (χ1n) is 6.07. The summed E-state index contributed by atoms with van der Waals surface area (Å²) in [5.41, 5.74) is 5.71. The summed E-state index contributed by atoms with van der Waals surface area (Å²) in [5, 5.41) is 2.83. The molecular formula is C13H14BrFN4O. The Morgan fingerprint density at radius 3 is 2.95 bits per heavy atom. The Labute approximate surface area is 123 Å². The molecule has 1 amide bonds. The standard InChI is InChI=1S/C13H14BrFN4O/c1-2-11(12-17-3-4-18-12)19-13(20)7-5-10(16)9(15)6-8(7)14/h3-6,11H,2,16H2,1H3,(H,17,18)(H,19,20). The lowest BCUT2D eigenvalue weighted by Gasteiger charge is -2.15. The van der Waals surface area contributed by atoms with Crippen LogP contribution in [0.3, 0.4) is 0 Å². The van der Waals surface area contributed by atoms with Gasteiger partial charge in [0.25, 0.3) is 5.91 Å². The molecule has 1 aromatic carbocycles. The molecule has 0 bridgehead atoms. The van der Waals surface area contributed by atoms with Gasteiger partial charge in [-0.1, -0.05) is 6.92 Å². The number of H-pyrrole nitrogens is 1. The number of nitrogen functional groups attached to an aromatic ring is 1. The summed E-state index contributed by atoms with van der Waals surface area (Å²) in [6, 6.07) is 2.25. The molecule has 2 rings (SSSR count). The second kappa shape index (κ2) is 6.04. The van der Waals surface area contributed by atoms with E-state index in [1.807, 2.05) is 6.92 Å². The second-order valence-corrected chi connectivity index (χ2v) is 5.12. The largest absolute Gasteiger partial charge is 0.396 e. The maximum absolute atomic E-state index is 13.3. The van der Waals surface area contributed by atoms with Crippen molar-refractivity contribution in [3.63, 3.8) is 0 Å². The van der Waals surface area contributed by atoms with Gasteiger partial charge in [-0.3, -0.25) is 4.79 Å². The Morgan fingerprint density at radius 2 is 2.35 bits per heavy atom. The number of aromatic amines is 1. The van der Waals surface area contributed by atoms with E-state index in [9.17, 15) is 9.18 Å². The zero-order chi connectivity index (χ0) is 14.7. The molecule has 20 heavy (non-hydrogen) atoms. The molecule has 5 nitrogen and oxygen atoms in total. The highest BCUT2D eigenvalue weighted by atomic mass is 79.9. The van der Waals surface area contributed by atoms with Gasteiger partial charge in [0, 0.05) is 16.9 Å². The molecule has 1 unspecified atom stereocenters. The number of imidazole rings is 1. The van der Waals surface area contributed by atoms with Crippen LogP contribution in [0.1, 0.15) is 35.6 Å². The predicted molar refractivity (Wildman–Crippen MR) is 77.6 cm³/mol. The van der Waals surface area contributed by atoms with Gasteiger partial charge in [0.1, 0.15) is 11.6 Å². The third-order valence-corrected chi connectivity index (χ3v) is 3.55. The zero-order valence-electron chi connectivity index (χ0n) is 10.8. The van der Waals surface area contributed by atoms with E-state index in [4.69, 9.17) is 5.73 Å².